The number of Topliss-reactive ketones (excluding diaryl/α,β-unsaturated/α-hetero) is 2. The van der Waals surface area contributed by atoms with Crippen LogP contribution >= 0.6 is 0 Å². The van der Waals surface area contributed by atoms with E-state index >= 15 is 0 Å². The summed E-state index contributed by atoms with van der Waals surface area (Å²) in [5.41, 5.74) is -1.37. The second kappa shape index (κ2) is 13.0. The first-order valence-electron chi connectivity index (χ1n) is 12.9. The minimum absolute atomic E-state index is 0.0571. The van der Waals surface area contributed by atoms with E-state index in [4.69, 9.17) is 9.47 Å². The van der Waals surface area contributed by atoms with Crippen LogP contribution in [0, 0.1) is 22.7 Å². The molecule has 2 aliphatic carbocycles. The molecule has 0 bridgehead atoms. The second-order valence-electron chi connectivity index (χ2n) is 11.2. The van der Waals surface area contributed by atoms with Crippen LogP contribution in [0.1, 0.15) is 66.2 Å². The lowest BCUT2D eigenvalue weighted by Gasteiger charge is -2.35. The van der Waals surface area contributed by atoms with Gasteiger partial charge >= 0.3 is 11.9 Å². The number of aliphatic hydroxyl groups excluding tert-OH is 2. The van der Waals surface area contributed by atoms with Crippen LogP contribution in [-0.2, 0) is 28.7 Å². The van der Waals surface area contributed by atoms with Gasteiger partial charge in [0.2, 0.25) is 0 Å². The molecule has 2 unspecified atom stereocenters. The van der Waals surface area contributed by atoms with E-state index in [0.717, 1.165) is 25.7 Å². The van der Waals surface area contributed by atoms with Gasteiger partial charge in [-0.3, -0.25) is 29.2 Å². The van der Waals surface area contributed by atoms with Gasteiger partial charge in [-0.2, -0.15) is 0 Å². The number of nitrogens with zero attached hydrogens (tertiary/aromatic N) is 2. The molecule has 0 aromatic heterocycles. The zero-order valence-electron chi connectivity index (χ0n) is 23.2. The van der Waals surface area contributed by atoms with Crippen molar-refractivity contribution in [2.45, 2.75) is 66.2 Å². The third kappa shape index (κ3) is 7.17. The maximum atomic E-state index is 12.5. The standard InChI is InChI=1S/C28H40N2O8/c1-27(2)13-19(31)17(23(33)21(27)25(35)37-5)15-29-11-9-7-8-10-12-30-16-18-20(32)14-28(3,4)22(24(18)34)26(36)38-6/h15-16,21-22,33-34H,7-14H2,1-6H3. The van der Waals surface area contributed by atoms with Gasteiger partial charge in [0.25, 0.3) is 0 Å². The Kier molecular flexibility index (Phi) is 10.6. The van der Waals surface area contributed by atoms with E-state index in [2.05, 4.69) is 9.98 Å². The Hall–Kier alpha value is -3.30. The smallest absolute Gasteiger partial charge is 0.316 e. The Morgan fingerprint density at radius 3 is 1.42 bits per heavy atom. The number of carbonyl (C=O) groups is 4. The molecule has 10 heteroatoms. The van der Waals surface area contributed by atoms with Crippen LogP contribution < -0.4 is 0 Å². The Morgan fingerprint density at radius 1 is 0.763 bits per heavy atom. The number of unbranched alkanes of at least 4 members (excludes halogenated alkanes) is 3. The largest absolute Gasteiger partial charge is 0.511 e. The molecule has 0 spiro atoms. The molecule has 210 valence electrons. The van der Waals surface area contributed by atoms with Gasteiger partial charge in [-0.05, 0) is 23.7 Å². The van der Waals surface area contributed by atoms with Crippen molar-refractivity contribution in [1.29, 1.82) is 0 Å². The van der Waals surface area contributed by atoms with Gasteiger partial charge in [0, 0.05) is 38.4 Å². The molecule has 0 saturated carbocycles. The molecule has 0 saturated heterocycles. The topological polar surface area (TPSA) is 152 Å². The molecule has 2 N–H and O–H groups in total. The molecular weight excluding hydrogens is 492 g/mol. The first-order chi connectivity index (χ1) is 17.8. The molecule has 2 rings (SSSR count). The SMILES string of the molecule is COC(=O)C1C(O)=C(C=NCCCCCCN=CC2=C(O)C(C(=O)OC)C(C)(C)CC2=O)C(=O)CC1(C)C. The van der Waals surface area contributed by atoms with Crippen molar-refractivity contribution >= 4 is 35.9 Å². The summed E-state index contributed by atoms with van der Waals surface area (Å²) in [6.45, 7) is 7.89. The fourth-order valence-corrected chi connectivity index (χ4v) is 5.00. The van der Waals surface area contributed by atoms with Gasteiger partial charge in [-0.25, -0.2) is 0 Å². The van der Waals surface area contributed by atoms with E-state index < -0.39 is 34.6 Å². The van der Waals surface area contributed by atoms with Gasteiger partial charge in [0.15, 0.2) is 11.6 Å². The summed E-state index contributed by atoms with van der Waals surface area (Å²) in [7, 11) is 2.50. The molecule has 0 heterocycles. The Labute approximate surface area is 223 Å². The van der Waals surface area contributed by atoms with Gasteiger partial charge in [-0.1, -0.05) is 40.5 Å². The Balaban J connectivity index is 1.83. The van der Waals surface area contributed by atoms with E-state index in [1.54, 1.807) is 27.7 Å². The van der Waals surface area contributed by atoms with Crippen molar-refractivity contribution in [3.8, 4) is 0 Å². The van der Waals surface area contributed by atoms with E-state index in [9.17, 15) is 29.4 Å². The minimum Gasteiger partial charge on any atom is -0.511 e. The van der Waals surface area contributed by atoms with Crippen LogP contribution in [0.2, 0.25) is 0 Å². The molecule has 0 aromatic carbocycles. The van der Waals surface area contributed by atoms with Crippen LogP contribution in [0.25, 0.3) is 0 Å². The van der Waals surface area contributed by atoms with Crippen molar-refractivity contribution < 1.29 is 38.9 Å². The second-order valence-corrected chi connectivity index (χ2v) is 11.2. The minimum atomic E-state index is -0.911. The van der Waals surface area contributed by atoms with E-state index in [1.165, 1.54) is 26.6 Å². The van der Waals surface area contributed by atoms with Crippen molar-refractivity contribution in [3.05, 3.63) is 22.7 Å². The van der Waals surface area contributed by atoms with Crippen LogP contribution in [0.15, 0.2) is 32.6 Å². The summed E-state index contributed by atoms with van der Waals surface area (Å²) in [5.74, 6) is -4.09. The number of aliphatic imine (C=N–C) groups is 2. The normalized spacial score (nSPS) is 23.4. The molecule has 38 heavy (non-hydrogen) atoms. The maximum absolute atomic E-state index is 12.5. The highest BCUT2D eigenvalue weighted by Crippen LogP contribution is 2.42. The molecule has 2 aliphatic rings. The van der Waals surface area contributed by atoms with Crippen LogP contribution in [-0.4, -0.2) is 73.5 Å². The van der Waals surface area contributed by atoms with Gasteiger partial charge in [0.05, 0.1) is 25.4 Å². The molecule has 10 nitrogen and oxygen atoms in total. The molecule has 0 aromatic rings. The predicted molar refractivity (Wildman–Crippen MR) is 142 cm³/mol. The molecule has 0 amide bonds. The number of methoxy groups -OCH3 is 2. The number of aliphatic hydroxyl groups is 2. The monoisotopic (exact) mass is 532 g/mol. The summed E-state index contributed by atoms with van der Waals surface area (Å²) < 4.78 is 9.60. The van der Waals surface area contributed by atoms with Crippen molar-refractivity contribution in [2.75, 3.05) is 27.3 Å². The molecule has 2 atom stereocenters. The molecule has 0 radical (unpaired) electrons. The average Bonchev–Trinajstić information content (AvgIpc) is 2.81. The highest BCUT2D eigenvalue weighted by atomic mass is 16.5. The van der Waals surface area contributed by atoms with Crippen molar-refractivity contribution in [3.63, 3.8) is 0 Å². The van der Waals surface area contributed by atoms with Crippen molar-refractivity contribution in [1.82, 2.24) is 0 Å². The van der Waals surface area contributed by atoms with Crippen LogP contribution in [0.3, 0.4) is 0 Å². The van der Waals surface area contributed by atoms with Gasteiger partial charge in [0.1, 0.15) is 23.4 Å². The zero-order chi connectivity index (χ0) is 28.7. The predicted octanol–water partition coefficient (Wildman–Crippen LogP) is 3.89. The van der Waals surface area contributed by atoms with Crippen molar-refractivity contribution in [2.24, 2.45) is 32.7 Å². The van der Waals surface area contributed by atoms with Crippen LogP contribution in [0.4, 0.5) is 0 Å². The lowest BCUT2D eigenvalue weighted by atomic mass is 9.68. The molecule has 0 aliphatic heterocycles. The van der Waals surface area contributed by atoms with Gasteiger partial charge in [-0.15, -0.1) is 0 Å². The highest BCUT2D eigenvalue weighted by molar-refractivity contribution is 6.16. The summed E-state index contributed by atoms with van der Waals surface area (Å²) >= 11 is 0. The number of rotatable bonds is 11. The summed E-state index contributed by atoms with van der Waals surface area (Å²) in [4.78, 5) is 57.7. The maximum Gasteiger partial charge on any atom is 0.316 e. The Bertz CT molecular complexity index is 981. The van der Waals surface area contributed by atoms with E-state index in [-0.39, 0.29) is 47.1 Å². The lowest BCUT2D eigenvalue weighted by molar-refractivity contribution is -0.151. The number of hydrogen-bond acceptors (Lipinski definition) is 10. The molecule has 0 fully saturated rings. The van der Waals surface area contributed by atoms with E-state index in [1.807, 2.05) is 0 Å². The fourth-order valence-electron chi connectivity index (χ4n) is 5.00. The quantitative estimate of drug-likeness (QED) is 0.231. The number of ketones is 2. The first kappa shape index (κ1) is 30.9. The summed E-state index contributed by atoms with van der Waals surface area (Å²) in [5, 5.41) is 21.1. The number of allylic oxidation sites excluding steroid dienone is 2. The van der Waals surface area contributed by atoms with E-state index in [0.29, 0.717) is 13.1 Å². The summed E-state index contributed by atoms with van der Waals surface area (Å²) in [6.07, 6.45) is 6.14. The third-order valence-corrected chi connectivity index (χ3v) is 7.13. The molecular formula is C28H40N2O8. The zero-order valence-corrected chi connectivity index (χ0v) is 23.2. The van der Waals surface area contributed by atoms with Crippen LogP contribution in [0.5, 0.6) is 0 Å². The fraction of sp³-hybridized carbons (Fsp3) is 0.643. The number of carbonyl (C=O) groups excluding carboxylic acids is 4. The number of hydrogen-bond donors (Lipinski definition) is 2. The van der Waals surface area contributed by atoms with Gasteiger partial charge < -0.3 is 19.7 Å². The third-order valence-electron chi connectivity index (χ3n) is 7.13. The lowest BCUT2D eigenvalue weighted by Crippen LogP contribution is -2.40. The summed E-state index contributed by atoms with van der Waals surface area (Å²) in [6, 6.07) is 0. The number of ether oxygens (including phenoxy) is 2. The first-order valence-corrected chi connectivity index (χ1v) is 12.9. The Morgan fingerprint density at radius 2 is 1.11 bits per heavy atom. The number of esters is 2. The average molecular weight is 533 g/mol. The highest BCUT2D eigenvalue weighted by Gasteiger charge is 2.47.